The number of nitrogens with one attached hydrogen (secondary N) is 2. The molecule has 0 aromatic carbocycles. The monoisotopic (exact) mass is 330 g/mol. The van der Waals surface area contributed by atoms with Crippen LogP contribution in [0, 0.1) is 0 Å². The van der Waals surface area contributed by atoms with Crippen molar-refractivity contribution in [2.24, 2.45) is 0 Å². The average molecular weight is 330 g/mol. The number of amides is 1. The van der Waals surface area contributed by atoms with Crippen LogP contribution in [-0.2, 0) is 4.74 Å². The van der Waals surface area contributed by atoms with E-state index >= 15 is 0 Å². The van der Waals surface area contributed by atoms with Gasteiger partial charge in [0.15, 0.2) is 0 Å². The minimum atomic E-state index is -0.407. The summed E-state index contributed by atoms with van der Waals surface area (Å²) in [5.74, 6) is 0. The first kappa shape index (κ1) is 13.0. The van der Waals surface area contributed by atoms with Crippen LogP contribution < -0.4 is 10.6 Å². The van der Waals surface area contributed by atoms with E-state index < -0.39 is 5.60 Å². The zero-order chi connectivity index (χ0) is 12.6. The molecule has 0 unspecified atom stereocenters. The number of ether oxygens (including phenoxy) is 1. The molecule has 5 heteroatoms. The van der Waals surface area contributed by atoms with Crippen molar-refractivity contribution in [3.05, 3.63) is 0 Å². The average Bonchev–Trinajstić information content (AvgIpc) is 2.54. The second-order valence-corrected chi connectivity index (χ2v) is 4.34. The Morgan fingerprint density at radius 1 is 1.67 bits per heavy atom. The first-order chi connectivity index (χ1) is 7.39. The molecule has 1 saturated heterocycles. The van der Waals surface area contributed by atoms with Gasteiger partial charge >= 0.3 is 6.09 Å². The van der Waals surface area contributed by atoms with Crippen molar-refractivity contribution < 1.29 is 10.9 Å². The molecule has 15 heavy (non-hydrogen) atoms. The van der Waals surface area contributed by atoms with Crippen molar-refractivity contribution in [2.45, 2.75) is 38.8 Å². The topological polar surface area (TPSA) is 50.4 Å². The van der Waals surface area contributed by atoms with Crippen LogP contribution in [0.4, 0.5) is 4.79 Å². The van der Waals surface area contributed by atoms with E-state index in [1.807, 2.05) is 43.4 Å². The van der Waals surface area contributed by atoms with Crippen molar-refractivity contribution >= 4 is 28.7 Å². The summed E-state index contributed by atoms with van der Waals surface area (Å²) in [5, 5.41) is 5.98. The quantitative estimate of drug-likeness (QED) is 0.571. The highest BCUT2D eigenvalue weighted by atomic mass is 127. The Morgan fingerprint density at radius 2 is 2.27 bits per heavy atom. The molecular weight excluding hydrogens is 307 g/mol. The van der Waals surface area contributed by atoms with Crippen LogP contribution in [-0.4, -0.2) is 35.7 Å². The molecule has 0 aromatic heterocycles. The number of alkyl halides is 1. The molecule has 0 aromatic rings. The number of halogens is 1. The van der Waals surface area contributed by atoms with E-state index in [0.717, 1.165) is 19.5 Å². The van der Waals surface area contributed by atoms with Crippen LogP contribution in [0.3, 0.4) is 0 Å². The van der Waals surface area contributed by atoms with Gasteiger partial charge in [-0.25, -0.2) is 4.79 Å². The maximum absolute atomic E-state index is 11.3. The Labute approximate surface area is 107 Å². The Balaban J connectivity index is 0.000000673. The lowest BCUT2D eigenvalue weighted by molar-refractivity contribution is 0.0508. The minimum Gasteiger partial charge on any atom is -0.444 e. The Morgan fingerprint density at radius 3 is 2.67 bits per heavy atom. The highest BCUT2D eigenvalue weighted by Crippen LogP contribution is 2.07. The van der Waals surface area contributed by atoms with Gasteiger partial charge in [0.2, 0.25) is 0 Å². The van der Waals surface area contributed by atoms with E-state index in [-0.39, 0.29) is 12.1 Å². The highest BCUT2D eigenvalue weighted by molar-refractivity contribution is 14.1. The fourth-order valence-corrected chi connectivity index (χ4v) is 1.25. The van der Waals surface area contributed by atoms with Gasteiger partial charge in [-0.05, 0) is 38.6 Å². The molecule has 1 aliphatic rings. The van der Waals surface area contributed by atoms with Gasteiger partial charge in [-0.3, -0.25) is 0 Å². The summed E-state index contributed by atoms with van der Waals surface area (Å²) in [7, 11) is 0. The van der Waals surface area contributed by atoms with Gasteiger partial charge < -0.3 is 15.4 Å². The molecule has 2 N–H and O–H groups in total. The number of alkyl carbamates (subject to hydrolysis) is 1. The third-order valence-electron chi connectivity index (χ3n) is 1.78. The normalized spacial score (nSPS) is 21.1. The van der Waals surface area contributed by atoms with E-state index in [2.05, 4.69) is 10.6 Å². The standard InChI is InChI=1S/C9H18N2O2.CH3I/c1-9(2,3)13-8(12)11-7-4-5-10-6-7;1-2/h7,10H,4-6H2,1-3H3,(H,11,12);1H3/t7-;/m1./s1/i;1T. The van der Waals surface area contributed by atoms with Crippen LogP contribution in [0.1, 0.15) is 28.6 Å². The summed E-state index contributed by atoms with van der Waals surface area (Å²) >= 11 is 1.96. The second-order valence-electron chi connectivity index (χ2n) is 4.34. The molecule has 4 nitrogen and oxygen atoms in total. The Kier molecular flexibility index (Phi) is 6.31. The first-order valence-electron chi connectivity index (χ1n) is 5.65. The summed E-state index contributed by atoms with van der Waals surface area (Å²) in [4.78, 5) is 11.7. The number of carbonyl (C=O) groups is 1. The number of carbonyl (C=O) groups excluding carboxylic acids is 1. The molecule has 0 bridgehead atoms. The highest BCUT2D eigenvalue weighted by Gasteiger charge is 2.21. The SMILES string of the molecule is CC(C)(C)OC(=O)N[C@@H]1CCNC1.[3H]CI. The van der Waals surface area contributed by atoms with Crippen molar-refractivity contribution in [3.63, 3.8) is 0 Å². The molecule has 1 heterocycles. The molecule has 0 radical (unpaired) electrons. The molecule has 1 rings (SSSR count). The lowest BCUT2D eigenvalue weighted by Gasteiger charge is -2.21. The molecule has 0 saturated carbocycles. The van der Waals surface area contributed by atoms with Crippen molar-refractivity contribution in [1.29, 1.82) is 0 Å². The fourth-order valence-electron chi connectivity index (χ4n) is 1.25. The lowest BCUT2D eigenvalue weighted by Crippen LogP contribution is -2.40. The number of hydrogen-bond donors (Lipinski definition) is 2. The molecular formula is C10H21IN2O2. The maximum atomic E-state index is 11.3. The molecule has 1 amide bonds. The predicted molar refractivity (Wildman–Crippen MR) is 70.6 cm³/mol. The summed E-state index contributed by atoms with van der Waals surface area (Å²) in [6, 6.07) is 0.231. The van der Waals surface area contributed by atoms with Gasteiger partial charge in [0.1, 0.15) is 5.60 Å². The van der Waals surface area contributed by atoms with Crippen LogP contribution in [0.5, 0.6) is 0 Å². The molecule has 90 valence electrons. The minimum absolute atomic E-state index is 0.231. The summed E-state index contributed by atoms with van der Waals surface area (Å²) in [6.45, 7) is 7.40. The molecule has 1 aliphatic heterocycles. The van der Waals surface area contributed by atoms with E-state index in [4.69, 9.17) is 6.11 Å². The largest absolute Gasteiger partial charge is 0.444 e. The third kappa shape index (κ3) is 7.84. The van der Waals surface area contributed by atoms with Crippen molar-refractivity contribution in [1.82, 2.24) is 10.6 Å². The van der Waals surface area contributed by atoms with Crippen LogP contribution in [0.25, 0.3) is 0 Å². The maximum Gasteiger partial charge on any atom is 0.407 e. The fraction of sp³-hybridized carbons (Fsp3) is 0.900. The summed E-state index contributed by atoms with van der Waals surface area (Å²) in [6.07, 6.45) is 0.667. The zero-order valence-electron chi connectivity index (χ0n) is 10.6. The van der Waals surface area contributed by atoms with Crippen LogP contribution in [0.15, 0.2) is 0 Å². The van der Waals surface area contributed by atoms with Crippen molar-refractivity contribution in [3.8, 4) is 0 Å². The lowest BCUT2D eigenvalue weighted by atomic mass is 10.2. The Bertz CT molecular complexity index is 203. The van der Waals surface area contributed by atoms with E-state index in [0.29, 0.717) is 4.91 Å². The number of hydrogen-bond acceptors (Lipinski definition) is 3. The van der Waals surface area contributed by atoms with Gasteiger partial charge in [-0.15, -0.1) is 0 Å². The van der Waals surface area contributed by atoms with Gasteiger partial charge in [0, 0.05) is 14.0 Å². The van der Waals surface area contributed by atoms with Crippen LogP contribution in [0.2, 0.25) is 0 Å². The predicted octanol–water partition coefficient (Wildman–Crippen LogP) is 1.92. The third-order valence-corrected chi connectivity index (χ3v) is 1.78. The molecule has 0 aliphatic carbocycles. The molecule has 0 spiro atoms. The summed E-state index contributed by atoms with van der Waals surface area (Å²) < 4.78 is 11.3. The number of rotatable bonds is 1. The van der Waals surface area contributed by atoms with Gasteiger partial charge in [0.25, 0.3) is 0 Å². The van der Waals surface area contributed by atoms with Crippen LogP contribution >= 0.6 is 22.6 Å². The van der Waals surface area contributed by atoms with E-state index in [1.165, 1.54) is 0 Å². The molecule has 1 atom stereocenters. The van der Waals surface area contributed by atoms with Gasteiger partial charge in [-0.1, -0.05) is 22.6 Å². The van der Waals surface area contributed by atoms with Gasteiger partial charge in [0.05, 0.1) is 0 Å². The zero-order valence-corrected chi connectivity index (χ0v) is 11.8. The second kappa shape index (κ2) is 7.27. The Hall–Kier alpha value is -0.0400. The first-order valence-corrected chi connectivity index (χ1v) is 6.47. The summed E-state index contributed by atoms with van der Waals surface area (Å²) in [5.41, 5.74) is -0.407. The van der Waals surface area contributed by atoms with E-state index in [9.17, 15) is 4.79 Å². The van der Waals surface area contributed by atoms with Gasteiger partial charge in [-0.2, -0.15) is 0 Å². The smallest absolute Gasteiger partial charge is 0.407 e. The van der Waals surface area contributed by atoms with Crippen molar-refractivity contribution in [2.75, 3.05) is 18.0 Å². The molecule has 1 fully saturated rings. The van der Waals surface area contributed by atoms with E-state index in [1.54, 1.807) is 0 Å².